The minimum Gasteiger partial charge on any atom is -0.481 e. The van der Waals surface area contributed by atoms with Crippen LogP contribution in [0.2, 0.25) is 0 Å². The normalized spacial score (nSPS) is 9.84. The predicted octanol–water partition coefficient (Wildman–Crippen LogP) is 3.34. The molecule has 1 N–H and O–H groups in total. The van der Waals surface area contributed by atoms with Crippen molar-refractivity contribution in [1.29, 1.82) is 5.26 Å². The molecule has 19 heavy (non-hydrogen) atoms. The van der Waals surface area contributed by atoms with Gasteiger partial charge in [0.1, 0.15) is 6.07 Å². The second kappa shape index (κ2) is 6.07. The molecule has 0 bridgehead atoms. The molecule has 0 saturated heterocycles. The summed E-state index contributed by atoms with van der Waals surface area (Å²) in [6.07, 6.45) is 0.0275. The number of aliphatic carboxylic acids is 1. The standard InChI is InChI=1S/C15H11NO2S/c16-10-12-3-1-2-4-14(12)19-13-7-5-11(6-8-13)9-15(17)18/h1-8H,9H2,(H,17,18). The van der Waals surface area contributed by atoms with Gasteiger partial charge in [0.05, 0.1) is 12.0 Å². The zero-order valence-electron chi connectivity index (χ0n) is 10.0. The van der Waals surface area contributed by atoms with Gasteiger partial charge in [-0.2, -0.15) is 5.26 Å². The fourth-order valence-corrected chi connectivity index (χ4v) is 2.52. The molecule has 2 rings (SSSR count). The molecule has 0 spiro atoms. The Hall–Kier alpha value is -2.25. The van der Waals surface area contributed by atoms with Gasteiger partial charge in [0.2, 0.25) is 0 Å². The Bertz CT molecular complexity index is 629. The minimum absolute atomic E-state index is 0.0275. The third-order valence-electron chi connectivity index (χ3n) is 2.51. The second-order valence-corrected chi connectivity index (χ2v) is 5.04. The van der Waals surface area contributed by atoms with Gasteiger partial charge in [-0.25, -0.2) is 0 Å². The molecule has 0 saturated carbocycles. The first-order valence-electron chi connectivity index (χ1n) is 5.67. The molecule has 0 fully saturated rings. The molecule has 94 valence electrons. The summed E-state index contributed by atoms with van der Waals surface area (Å²) in [7, 11) is 0. The van der Waals surface area contributed by atoms with Gasteiger partial charge in [-0.1, -0.05) is 36.0 Å². The Kier molecular flexibility index (Phi) is 4.22. The third kappa shape index (κ3) is 3.60. The van der Waals surface area contributed by atoms with Gasteiger partial charge in [-0.05, 0) is 29.8 Å². The molecule has 0 aliphatic rings. The fourth-order valence-electron chi connectivity index (χ4n) is 1.62. The topological polar surface area (TPSA) is 61.1 Å². The first-order chi connectivity index (χ1) is 9.19. The molecule has 3 nitrogen and oxygen atoms in total. The summed E-state index contributed by atoms with van der Waals surface area (Å²) >= 11 is 1.50. The van der Waals surface area contributed by atoms with Crippen molar-refractivity contribution in [2.75, 3.05) is 0 Å². The van der Waals surface area contributed by atoms with E-state index in [-0.39, 0.29) is 6.42 Å². The highest BCUT2D eigenvalue weighted by atomic mass is 32.2. The van der Waals surface area contributed by atoms with Crippen LogP contribution >= 0.6 is 11.8 Å². The lowest BCUT2D eigenvalue weighted by Gasteiger charge is -2.04. The van der Waals surface area contributed by atoms with Crippen LogP contribution in [-0.4, -0.2) is 11.1 Å². The molecule has 0 amide bonds. The lowest BCUT2D eigenvalue weighted by molar-refractivity contribution is -0.136. The van der Waals surface area contributed by atoms with E-state index in [1.165, 1.54) is 11.8 Å². The molecule has 0 aliphatic carbocycles. The molecule has 2 aromatic carbocycles. The molecule has 0 heterocycles. The maximum Gasteiger partial charge on any atom is 0.307 e. The van der Waals surface area contributed by atoms with E-state index in [0.717, 1.165) is 15.4 Å². The van der Waals surface area contributed by atoms with Gasteiger partial charge in [0.25, 0.3) is 0 Å². The van der Waals surface area contributed by atoms with Crippen LogP contribution in [0.25, 0.3) is 0 Å². The zero-order chi connectivity index (χ0) is 13.7. The largest absolute Gasteiger partial charge is 0.481 e. The summed E-state index contributed by atoms with van der Waals surface area (Å²) in [5, 5.41) is 17.7. The number of carboxylic acid groups (broad SMARTS) is 1. The average molecular weight is 269 g/mol. The molecule has 0 radical (unpaired) electrons. The minimum atomic E-state index is -0.838. The van der Waals surface area contributed by atoms with Crippen LogP contribution < -0.4 is 0 Å². The number of benzene rings is 2. The van der Waals surface area contributed by atoms with Crippen LogP contribution in [0.3, 0.4) is 0 Å². The van der Waals surface area contributed by atoms with Crippen LogP contribution in [-0.2, 0) is 11.2 Å². The molecular formula is C15H11NO2S. The highest BCUT2D eigenvalue weighted by molar-refractivity contribution is 7.99. The average Bonchev–Trinajstić information content (AvgIpc) is 2.41. The van der Waals surface area contributed by atoms with Crippen LogP contribution in [0.5, 0.6) is 0 Å². The van der Waals surface area contributed by atoms with Gasteiger partial charge >= 0.3 is 5.97 Å². The number of hydrogen-bond donors (Lipinski definition) is 1. The number of hydrogen-bond acceptors (Lipinski definition) is 3. The van der Waals surface area contributed by atoms with Crippen molar-refractivity contribution in [1.82, 2.24) is 0 Å². The Labute approximate surface area is 115 Å². The van der Waals surface area contributed by atoms with E-state index in [1.54, 1.807) is 18.2 Å². The Balaban J connectivity index is 2.16. The lowest BCUT2D eigenvalue weighted by Crippen LogP contribution is -1.99. The molecule has 0 aliphatic heterocycles. The van der Waals surface area contributed by atoms with E-state index in [2.05, 4.69) is 6.07 Å². The number of carboxylic acids is 1. The van der Waals surface area contributed by atoms with Crippen LogP contribution in [0, 0.1) is 11.3 Å². The van der Waals surface area contributed by atoms with Gasteiger partial charge in [0.15, 0.2) is 0 Å². The third-order valence-corrected chi connectivity index (χ3v) is 3.60. The second-order valence-electron chi connectivity index (χ2n) is 3.92. The summed E-state index contributed by atoms with van der Waals surface area (Å²) in [5.74, 6) is -0.838. The summed E-state index contributed by atoms with van der Waals surface area (Å²) in [5.41, 5.74) is 1.41. The van der Waals surface area contributed by atoms with Crippen LogP contribution in [0.15, 0.2) is 58.3 Å². The van der Waals surface area contributed by atoms with E-state index in [1.807, 2.05) is 30.3 Å². The maximum absolute atomic E-state index is 10.6. The number of carbonyl (C=O) groups is 1. The van der Waals surface area contributed by atoms with Crippen LogP contribution in [0.4, 0.5) is 0 Å². The van der Waals surface area contributed by atoms with Crippen molar-refractivity contribution >= 4 is 17.7 Å². The molecule has 0 atom stereocenters. The van der Waals surface area contributed by atoms with Crippen molar-refractivity contribution in [2.24, 2.45) is 0 Å². The summed E-state index contributed by atoms with van der Waals surface area (Å²) < 4.78 is 0. The van der Waals surface area contributed by atoms with E-state index in [0.29, 0.717) is 5.56 Å². The predicted molar refractivity (Wildman–Crippen MR) is 73.1 cm³/mol. The maximum atomic E-state index is 10.6. The van der Waals surface area contributed by atoms with Crippen molar-refractivity contribution in [3.63, 3.8) is 0 Å². The van der Waals surface area contributed by atoms with E-state index < -0.39 is 5.97 Å². The molecular weight excluding hydrogens is 258 g/mol. The zero-order valence-corrected chi connectivity index (χ0v) is 10.9. The SMILES string of the molecule is N#Cc1ccccc1Sc1ccc(CC(=O)O)cc1. The van der Waals surface area contributed by atoms with E-state index in [9.17, 15) is 4.79 Å². The fraction of sp³-hybridized carbons (Fsp3) is 0.0667. The smallest absolute Gasteiger partial charge is 0.307 e. The molecule has 0 unspecified atom stereocenters. The van der Waals surface area contributed by atoms with Crippen molar-refractivity contribution in [3.8, 4) is 6.07 Å². The Morgan fingerprint density at radius 2 is 1.84 bits per heavy atom. The van der Waals surface area contributed by atoms with E-state index in [4.69, 9.17) is 10.4 Å². The monoisotopic (exact) mass is 269 g/mol. The summed E-state index contributed by atoms with van der Waals surface area (Å²) in [4.78, 5) is 12.5. The number of nitriles is 1. The Morgan fingerprint density at radius 3 is 2.47 bits per heavy atom. The molecule has 2 aromatic rings. The van der Waals surface area contributed by atoms with E-state index >= 15 is 0 Å². The first-order valence-corrected chi connectivity index (χ1v) is 6.48. The van der Waals surface area contributed by atoms with Crippen LogP contribution in [0.1, 0.15) is 11.1 Å². The van der Waals surface area contributed by atoms with Crippen molar-refractivity contribution < 1.29 is 9.90 Å². The van der Waals surface area contributed by atoms with Gasteiger partial charge < -0.3 is 5.11 Å². The summed E-state index contributed by atoms with van der Waals surface area (Å²) in [6.45, 7) is 0. The number of nitrogens with zero attached hydrogens (tertiary/aromatic N) is 1. The number of rotatable bonds is 4. The Morgan fingerprint density at radius 1 is 1.16 bits per heavy atom. The highest BCUT2D eigenvalue weighted by Gasteiger charge is 2.04. The van der Waals surface area contributed by atoms with Gasteiger partial charge in [-0.15, -0.1) is 0 Å². The van der Waals surface area contributed by atoms with Gasteiger partial charge in [-0.3, -0.25) is 4.79 Å². The highest BCUT2D eigenvalue weighted by Crippen LogP contribution is 2.30. The van der Waals surface area contributed by atoms with Crippen molar-refractivity contribution in [2.45, 2.75) is 16.2 Å². The molecule has 0 aromatic heterocycles. The quantitative estimate of drug-likeness (QED) is 0.924. The lowest BCUT2D eigenvalue weighted by atomic mass is 10.2. The first kappa shape index (κ1) is 13.2. The summed E-state index contributed by atoms with van der Waals surface area (Å²) in [6, 6.07) is 16.9. The van der Waals surface area contributed by atoms with Gasteiger partial charge in [0, 0.05) is 9.79 Å². The van der Waals surface area contributed by atoms with Crippen molar-refractivity contribution in [3.05, 3.63) is 59.7 Å². The molecule has 4 heteroatoms.